The molecule has 1 N–H and O–H groups in total. The number of rotatable bonds is 9. The van der Waals surface area contributed by atoms with Gasteiger partial charge in [0.15, 0.2) is 0 Å². The number of nitrogens with zero attached hydrogens (tertiary/aromatic N) is 2. The first-order chi connectivity index (χ1) is 10.3. The van der Waals surface area contributed by atoms with Gasteiger partial charge < -0.3 is 9.72 Å². The summed E-state index contributed by atoms with van der Waals surface area (Å²) in [5.74, 6) is 0.824. The molecule has 0 spiro atoms. The number of hydrogen-bond donors (Lipinski definition) is 1. The maximum atomic E-state index is 10.8. The van der Waals surface area contributed by atoms with Crippen LogP contribution in [0.15, 0.2) is 42.0 Å². The molecule has 5 heteroatoms. The molecule has 1 unspecified atom stereocenters. The van der Waals surface area contributed by atoms with Gasteiger partial charge in [-0.3, -0.25) is 0 Å². The van der Waals surface area contributed by atoms with Gasteiger partial charge >= 0.3 is 0 Å². The summed E-state index contributed by atoms with van der Waals surface area (Å²) in [5, 5.41) is 3.18. The van der Waals surface area contributed by atoms with Gasteiger partial charge in [0.1, 0.15) is 11.8 Å². The molecule has 2 aromatic rings. The van der Waals surface area contributed by atoms with Crippen LogP contribution < -0.4 is 4.74 Å². The van der Waals surface area contributed by atoms with Crippen molar-refractivity contribution in [2.45, 2.75) is 38.6 Å². The molecule has 2 rings (SSSR count). The van der Waals surface area contributed by atoms with E-state index in [4.69, 9.17) is 4.74 Å². The van der Waals surface area contributed by atoms with E-state index in [0.29, 0.717) is 6.61 Å². The van der Waals surface area contributed by atoms with E-state index in [1.807, 2.05) is 30.5 Å². The SMILES string of the molecule is CCCC(N=O)c1ccc(OCCCc2cnc[nH]2)cc1. The minimum absolute atomic E-state index is 0.246. The molecule has 0 bridgehead atoms. The molecule has 0 saturated heterocycles. The van der Waals surface area contributed by atoms with Gasteiger partial charge in [0, 0.05) is 11.9 Å². The zero-order valence-electron chi connectivity index (χ0n) is 12.3. The molecule has 0 amide bonds. The summed E-state index contributed by atoms with van der Waals surface area (Å²) in [6.07, 6.45) is 7.10. The third-order valence-electron chi connectivity index (χ3n) is 3.37. The summed E-state index contributed by atoms with van der Waals surface area (Å²) in [7, 11) is 0. The van der Waals surface area contributed by atoms with Gasteiger partial charge in [-0.1, -0.05) is 30.7 Å². The zero-order chi connectivity index (χ0) is 14.9. The lowest BCUT2D eigenvalue weighted by molar-refractivity contribution is 0.310. The van der Waals surface area contributed by atoms with Gasteiger partial charge in [-0.15, -0.1) is 0 Å². The van der Waals surface area contributed by atoms with Crippen LogP contribution in [0.5, 0.6) is 5.75 Å². The van der Waals surface area contributed by atoms with Crippen LogP contribution in [0.3, 0.4) is 0 Å². The van der Waals surface area contributed by atoms with Crippen molar-refractivity contribution in [2.24, 2.45) is 5.18 Å². The fourth-order valence-electron chi connectivity index (χ4n) is 2.21. The number of benzene rings is 1. The molecule has 112 valence electrons. The largest absolute Gasteiger partial charge is 0.494 e. The van der Waals surface area contributed by atoms with E-state index in [0.717, 1.165) is 42.7 Å². The van der Waals surface area contributed by atoms with Gasteiger partial charge in [-0.25, -0.2) is 4.98 Å². The Bertz CT molecular complexity index is 523. The quantitative estimate of drug-likeness (QED) is 0.559. The summed E-state index contributed by atoms with van der Waals surface area (Å²) in [6, 6.07) is 7.40. The number of imidazole rings is 1. The van der Waals surface area contributed by atoms with Crippen molar-refractivity contribution in [3.63, 3.8) is 0 Å². The van der Waals surface area contributed by atoms with Crippen LogP contribution in [0.4, 0.5) is 0 Å². The van der Waals surface area contributed by atoms with Gasteiger partial charge in [0.2, 0.25) is 0 Å². The number of nitroso groups, excluding NO2 is 1. The summed E-state index contributed by atoms with van der Waals surface area (Å²) in [4.78, 5) is 17.9. The predicted molar refractivity (Wildman–Crippen MR) is 82.3 cm³/mol. The Kier molecular flexibility index (Phi) is 5.94. The van der Waals surface area contributed by atoms with Crippen molar-refractivity contribution in [3.8, 4) is 5.75 Å². The maximum absolute atomic E-state index is 10.8. The Morgan fingerprint density at radius 2 is 2.14 bits per heavy atom. The van der Waals surface area contributed by atoms with E-state index in [2.05, 4.69) is 22.1 Å². The monoisotopic (exact) mass is 287 g/mol. The first-order valence-electron chi connectivity index (χ1n) is 7.36. The number of nitrogens with one attached hydrogen (secondary N) is 1. The first kappa shape index (κ1) is 15.2. The lowest BCUT2D eigenvalue weighted by Crippen LogP contribution is -2.00. The molecule has 0 aliphatic rings. The Balaban J connectivity index is 1.77. The van der Waals surface area contributed by atoms with Crippen molar-refractivity contribution in [1.29, 1.82) is 0 Å². The van der Waals surface area contributed by atoms with E-state index in [1.165, 1.54) is 0 Å². The fourth-order valence-corrected chi connectivity index (χ4v) is 2.21. The molecule has 1 heterocycles. The molecular formula is C16H21N3O2. The zero-order valence-corrected chi connectivity index (χ0v) is 12.3. The molecular weight excluding hydrogens is 266 g/mol. The topological polar surface area (TPSA) is 67.3 Å². The van der Waals surface area contributed by atoms with Gasteiger partial charge in [0.05, 0.1) is 12.9 Å². The minimum atomic E-state index is -0.246. The summed E-state index contributed by atoms with van der Waals surface area (Å²) < 4.78 is 5.69. The number of H-pyrrole nitrogens is 1. The Hall–Kier alpha value is -2.17. The lowest BCUT2D eigenvalue weighted by atomic mass is 10.0. The first-order valence-corrected chi connectivity index (χ1v) is 7.36. The molecule has 1 atom stereocenters. The van der Waals surface area contributed by atoms with Crippen LogP contribution in [0.2, 0.25) is 0 Å². The van der Waals surface area contributed by atoms with E-state index >= 15 is 0 Å². The molecule has 0 aliphatic heterocycles. The van der Waals surface area contributed by atoms with Crippen LogP contribution in [-0.2, 0) is 6.42 Å². The van der Waals surface area contributed by atoms with Crippen molar-refractivity contribution >= 4 is 0 Å². The number of hydrogen-bond acceptors (Lipinski definition) is 4. The Labute approximate surface area is 124 Å². The van der Waals surface area contributed by atoms with Gasteiger partial charge in [-0.2, -0.15) is 4.91 Å². The Morgan fingerprint density at radius 1 is 1.33 bits per heavy atom. The van der Waals surface area contributed by atoms with E-state index in [9.17, 15) is 4.91 Å². The lowest BCUT2D eigenvalue weighted by Gasteiger charge is -2.10. The van der Waals surface area contributed by atoms with Crippen LogP contribution in [0.25, 0.3) is 0 Å². The third-order valence-corrected chi connectivity index (χ3v) is 3.37. The molecule has 21 heavy (non-hydrogen) atoms. The Morgan fingerprint density at radius 3 is 2.76 bits per heavy atom. The van der Waals surface area contributed by atoms with Crippen LogP contribution in [0, 0.1) is 4.91 Å². The van der Waals surface area contributed by atoms with Crippen molar-refractivity contribution in [3.05, 3.63) is 53.0 Å². The summed E-state index contributed by atoms with van der Waals surface area (Å²) >= 11 is 0. The fraction of sp³-hybridized carbons (Fsp3) is 0.438. The number of aromatic amines is 1. The highest BCUT2D eigenvalue weighted by molar-refractivity contribution is 5.29. The second-order valence-electron chi connectivity index (χ2n) is 5.01. The second-order valence-corrected chi connectivity index (χ2v) is 5.01. The van der Waals surface area contributed by atoms with Gasteiger partial charge in [-0.05, 0) is 37.0 Å². The van der Waals surface area contributed by atoms with E-state index in [-0.39, 0.29) is 6.04 Å². The normalized spacial score (nSPS) is 12.0. The van der Waals surface area contributed by atoms with Gasteiger partial charge in [0.25, 0.3) is 0 Å². The molecule has 5 nitrogen and oxygen atoms in total. The number of ether oxygens (including phenoxy) is 1. The molecule has 0 radical (unpaired) electrons. The van der Waals surface area contributed by atoms with Crippen molar-refractivity contribution < 1.29 is 4.74 Å². The number of aromatic nitrogens is 2. The van der Waals surface area contributed by atoms with Crippen molar-refractivity contribution in [1.82, 2.24) is 9.97 Å². The summed E-state index contributed by atoms with van der Waals surface area (Å²) in [5.41, 5.74) is 2.07. The molecule has 0 aliphatic carbocycles. The highest BCUT2D eigenvalue weighted by Crippen LogP contribution is 2.24. The van der Waals surface area contributed by atoms with Crippen LogP contribution in [0.1, 0.15) is 43.5 Å². The average Bonchev–Trinajstić information content (AvgIpc) is 3.03. The van der Waals surface area contributed by atoms with Crippen LogP contribution in [-0.4, -0.2) is 16.6 Å². The minimum Gasteiger partial charge on any atom is -0.494 e. The maximum Gasteiger partial charge on any atom is 0.119 e. The molecule has 0 saturated carbocycles. The predicted octanol–water partition coefficient (Wildman–Crippen LogP) is 4.03. The third kappa shape index (κ3) is 4.70. The standard InChI is InChI=1S/C16H21N3O2/c1-2-4-16(19-20)13-6-8-15(9-7-13)21-10-3-5-14-11-17-12-18-14/h6-9,11-12,16H,2-5,10H2,1H3,(H,17,18). The molecule has 1 aromatic carbocycles. The van der Waals surface area contributed by atoms with E-state index < -0.39 is 0 Å². The van der Waals surface area contributed by atoms with E-state index in [1.54, 1.807) is 6.33 Å². The summed E-state index contributed by atoms with van der Waals surface area (Å²) in [6.45, 7) is 2.71. The molecule has 0 fully saturated rings. The highest BCUT2D eigenvalue weighted by atomic mass is 16.5. The van der Waals surface area contributed by atoms with Crippen molar-refractivity contribution in [2.75, 3.05) is 6.61 Å². The highest BCUT2D eigenvalue weighted by Gasteiger charge is 2.10. The number of aryl methyl sites for hydroxylation is 1. The van der Waals surface area contributed by atoms with Crippen LogP contribution >= 0.6 is 0 Å². The average molecular weight is 287 g/mol. The second kappa shape index (κ2) is 8.19. The smallest absolute Gasteiger partial charge is 0.119 e. The molecule has 1 aromatic heterocycles.